The minimum absolute atomic E-state index is 0.509. The summed E-state index contributed by atoms with van der Waals surface area (Å²) in [6.45, 7) is 0.509. The Balaban J connectivity index is 1.83. The van der Waals surface area contributed by atoms with Gasteiger partial charge in [0.05, 0.1) is 11.4 Å². The molecule has 6 heteroatoms. The molecule has 0 aliphatic heterocycles. The van der Waals surface area contributed by atoms with Crippen molar-refractivity contribution in [3.8, 4) is 16.9 Å². The molecule has 0 radical (unpaired) electrons. The van der Waals surface area contributed by atoms with Crippen LogP contribution >= 0.6 is 0 Å². The molecule has 1 aromatic heterocycles. The summed E-state index contributed by atoms with van der Waals surface area (Å²) in [6, 6.07) is 15.8. The van der Waals surface area contributed by atoms with Gasteiger partial charge < -0.3 is 16.6 Å². The Hall–Kier alpha value is -2.96. The monoisotopic (exact) mass is 322 g/mol. The van der Waals surface area contributed by atoms with Gasteiger partial charge in [-0.1, -0.05) is 36.4 Å². The van der Waals surface area contributed by atoms with Crippen LogP contribution in [0.15, 0.2) is 60.8 Å². The van der Waals surface area contributed by atoms with Gasteiger partial charge in [-0.15, -0.1) is 0 Å². The standard InChI is InChI=1S/C18H18N4O2/c19-11-12-1-7-15(8-2-12)22-10-9-16(21-22)13-3-5-14(6-4-13)17(20)18(23)24/h1-10,17H,11,19-20H2,(H,23,24). The number of carboxylic acids is 1. The van der Waals surface area contributed by atoms with Gasteiger partial charge in [0.2, 0.25) is 0 Å². The van der Waals surface area contributed by atoms with E-state index in [1.807, 2.05) is 48.7 Å². The smallest absolute Gasteiger partial charge is 0.325 e. The van der Waals surface area contributed by atoms with E-state index in [2.05, 4.69) is 5.10 Å². The third kappa shape index (κ3) is 3.19. The maximum absolute atomic E-state index is 10.9. The third-order valence-electron chi connectivity index (χ3n) is 3.86. The second-order valence-electron chi connectivity index (χ2n) is 5.45. The lowest BCUT2D eigenvalue weighted by Crippen LogP contribution is -2.20. The van der Waals surface area contributed by atoms with Gasteiger partial charge in [0.1, 0.15) is 6.04 Å². The molecule has 0 aliphatic carbocycles. The fourth-order valence-electron chi connectivity index (χ4n) is 2.41. The molecule has 5 N–H and O–H groups in total. The zero-order valence-electron chi connectivity index (χ0n) is 13.0. The molecule has 0 aliphatic rings. The van der Waals surface area contributed by atoms with Crippen LogP contribution in [0.4, 0.5) is 0 Å². The predicted molar refractivity (Wildman–Crippen MR) is 91.5 cm³/mol. The van der Waals surface area contributed by atoms with Crippen molar-refractivity contribution in [3.63, 3.8) is 0 Å². The second kappa shape index (κ2) is 6.66. The fraction of sp³-hybridized carbons (Fsp3) is 0.111. The molecule has 0 fully saturated rings. The quantitative estimate of drug-likeness (QED) is 0.666. The summed E-state index contributed by atoms with van der Waals surface area (Å²) >= 11 is 0. The molecule has 3 rings (SSSR count). The minimum Gasteiger partial charge on any atom is -0.480 e. The average Bonchev–Trinajstić information content (AvgIpc) is 3.11. The zero-order valence-corrected chi connectivity index (χ0v) is 13.0. The van der Waals surface area contributed by atoms with Crippen LogP contribution in [0.5, 0.6) is 0 Å². The molecule has 1 heterocycles. The number of carbonyl (C=O) groups is 1. The molecule has 0 amide bonds. The van der Waals surface area contributed by atoms with Crippen molar-refractivity contribution < 1.29 is 9.90 Å². The van der Waals surface area contributed by atoms with Crippen LogP contribution in [0, 0.1) is 0 Å². The van der Waals surface area contributed by atoms with Gasteiger partial charge in [-0.3, -0.25) is 4.79 Å². The largest absolute Gasteiger partial charge is 0.480 e. The van der Waals surface area contributed by atoms with Crippen molar-refractivity contribution in [2.24, 2.45) is 11.5 Å². The number of carboxylic acid groups (broad SMARTS) is 1. The number of hydrogen-bond acceptors (Lipinski definition) is 4. The van der Waals surface area contributed by atoms with Crippen LogP contribution in [0.1, 0.15) is 17.2 Å². The van der Waals surface area contributed by atoms with Gasteiger partial charge in [-0.05, 0) is 29.3 Å². The normalized spacial score (nSPS) is 12.1. The number of nitrogens with zero attached hydrogens (tertiary/aromatic N) is 2. The van der Waals surface area contributed by atoms with Crippen molar-refractivity contribution in [1.82, 2.24) is 9.78 Å². The lowest BCUT2D eigenvalue weighted by atomic mass is 10.0. The Morgan fingerprint density at radius 1 is 1.08 bits per heavy atom. The number of benzene rings is 2. The van der Waals surface area contributed by atoms with Crippen molar-refractivity contribution in [2.45, 2.75) is 12.6 Å². The summed E-state index contributed by atoms with van der Waals surface area (Å²) in [5.41, 5.74) is 15.5. The van der Waals surface area contributed by atoms with E-state index in [1.165, 1.54) is 0 Å². The summed E-state index contributed by atoms with van der Waals surface area (Å²) in [6.07, 6.45) is 1.88. The van der Waals surface area contributed by atoms with Crippen LogP contribution in [-0.2, 0) is 11.3 Å². The Morgan fingerprint density at radius 2 is 1.75 bits per heavy atom. The SMILES string of the molecule is NCc1ccc(-n2ccc(-c3ccc(C(N)C(=O)O)cc3)n2)cc1. The van der Waals surface area contributed by atoms with Gasteiger partial charge in [0, 0.05) is 18.3 Å². The van der Waals surface area contributed by atoms with Crippen LogP contribution < -0.4 is 11.5 Å². The van der Waals surface area contributed by atoms with E-state index in [9.17, 15) is 4.79 Å². The maximum atomic E-state index is 10.9. The topological polar surface area (TPSA) is 107 Å². The molecular formula is C18H18N4O2. The number of rotatable bonds is 5. The molecule has 122 valence electrons. The Kier molecular flexibility index (Phi) is 4.41. The van der Waals surface area contributed by atoms with Crippen LogP contribution in [0.2, 0.25) is 0 Å². The van der Waals surface area contributed by atoms with Crippen molar-refractivity contribution in [2.75, 3.05) is 0 Å². The molecule has 6 nitrogen and oxygen atoms in total. The van der Waals surface area contributed by atoms with Crippen LogP contribution in [0.3, 0.4) is 0 Å². The van der Waals surface area contributed by atoms with Gasteiger partial charge in [-0.25, -0.2) is 4.68 Å². The molecule has 1 unspecified atom stereocenters. The van der Waals surface area contributed by atoms with E-state index >= 15 is 0 Å². The van der Waals surface area contributed by atoms with E-state index in [1.54, 1.807) is 16.8 Å². The first-order chi connectivity index (χ1) is 11.6. The Morgan fingerprint density at radius 3 is 2.33 bits per heavy atom. The van der Waals surface area contributed by atoms with E-state index < -0.39 is 12.0 Å². The predicted octanol–water partition coefficient (Wildman–Crippen LogP) is 2.08. The van der Waals surface area contributed by atoms with E-state index in [0.29, 0.717) is 12.1 Å². The molecule has 0 saturated carbocycles. The molecule has 0 saturated heterocycles. The number of hydrogen-bond donors (Lipinski definition) is 3. The van der Waals surface area contributed by atoms with E-state index in [0.717, 1.165) is 22.5 Å². The highest BCUT2D eigenvalue weighted by atomic mass is 16.4. The number of nitrogens with two attached hydrogens (primary N) is 2. The summed E-state index contributed by atoms with van der Waals surface area (Å²) in [5, 5.41) is 13.5. The van der Waals surface area contributed by atoms with Gasteiger partial charge >= 0.3 is 5.97 Å². The zero-order chi connectivity index (χ0) is 17.1. The van der Waals surface area contributed by atoms with E-state index in [4.69, 9.17) is 16.6 Å². The highest BCUT2D eigenvalue weighted by molar-refractivity contribution is 5.75. The highest BCUT2D eigenvalue weighted by Crippen LogP contribution is 2.21. The lowest BCUT2D eigenvalue weighted by molar-refractivity contribution is -0.138. The molecule has 0 spiro atoms. The second-order valence-corrected chi connectivity index (χ2v) is 5.45. The Labute approximate surface area is 139 Å². The van der Waals surface area contributed by atoms with Crippen LogP contribution in [-0.4, -0.2) is 20.9 Å². The summed E-state index contributed by atoms with van der Waals surface area (Å²) in [4.78, 5) is 10.9. The molecule has 24 heavy (non-hydrogen) atoms. The molecular weight excluding hydrogens is 304 g/mol. The van der Waals surface area contributed by atoms with Crippen LogP contribution in [0.25, 0.3) is 16.9 Å². The first-order valence-electron chi connectivity index (χ1n) is 7.52. The maximum Gasteiger partial charge on any atom is 0.325 e. The average molecular weight is 322 g/mol. The summed E-state index contributed by atoms with van der Waals surface area (Å²) in [7, 11) is 0. The summed E-state index contributed by atoms with van der Waals surface area (Å²) < 4.78 is 1.78. The van der Waals surface area contributed by atoms with Crippen molar-refractivity contribution >= 4 is 5.97 Å². The number of aromatic nitrogens is 2. The summed E-state index contributed by atoms with van der Waals surface area (Å²) in [5.74, 6) is -1.05. The highest BCUT2D eigenvalue weighted by Gasteiger charge is 2.14. The van der Waals surface area contributed by atoms with Crippen molar-refractivity contribution in [3.05, 3.63) is 71.9 Å². The lowest BCUT2D eigenvalue weighted by Gasteiger charge is -2.07. The van der Waals surface area contributed by atoms with Gasteiger partial charge in [0.25, 0.3) is 0 Å². The third-order valence-corrected chi connectivity index (χ3v) is 3.86. The first kappa shape index (κ1) is 15.9. The molecule has 2 aromatic carbocycles. The van der Waals surface area contributed by atoms with Gasteiger partial charge in [-0.2, -0.15) is 5.10 Å². The molecule has 0 bridgehead atoms. The van der Waals surface area contributed by atoms with E-state index in [-0.39, 0.29) is 0 Å². The minimum atomic E-state index is -1.05. The van der Waals surface area contributed by atoms with Gasteiger partial charge in [0.15, 0.2) is 0 Å². The molecule has 1 atom stereocenters. The fourth-order valence-corrected chi connectivity index (χ4v) is 2.41. The number of aliphatic carboxylic acids is 1. The first-order valence-corrected chi connectivity index (χ1v) is 7.52. The Bertz CT molecular complexity index is 838. The molecule has 3 aromatic rings. The van der Waals surface area contributed by atoms with Crippen molar-refractivity contribution in [1.29, 1.82) is 0 Å².